The number of rotatable bonds is 4. The Balaban J connectivity index is 1.46. The summed E-state index contributed by atoms with van der Waals surface area (Å²) in [7, 11) is 1.27. The maximum Gasteiger partial charge on any atom is 0.411 e. The van der Waals surface area contributed by atoms with Gasteiger partial charge in [0.05, 0.1) is 29.6 Å². The fraction of sp³-hybridized carbons (Fsp3) is 0.312. The van der Waals surface area contributed by atoms with Crippen molar-refractivity contribution in [2.24, 2.45) is 5.92 Å². The van der Waals surface area contributed by atoms with Gasteiger partial charge in [-0.2, -0.15) is 4.73 Å². The predicted molar refractivity (Wildman–Crippen MR) is 156 cm³/mol. The van der Waals surface area contributed by atoms with E-state index in [-0.39, 0.29) is 28.9 Å². The Morgan fingerprint density at radius 2 is 1.86 bits per heavy atom. The first-order valence-electron chi connectivity index (χ1n) is 14.3. The highest BCUT2D eigenvalue weighted by Crippen LogP contribution is 2.46. The number of nitrogens with zero attached hydrogens (tertiary/aromatic N) is 2. The summed E-state index contributed by atoms with van der Waals surface area (Å²) in [5.41, 5.74) is 3.47. The van der Waals surface area contributed by atoms with Gasteiger partial charge in [-0.3, -0.25) is 10.1 Å². The van der Waals surface area contributed by atoms with Gasteiger partial charge in [-0.15, -0.1) is 0 Å². The molecule has 43 heavy (non-hydrogen) atoms. The Hall–Kier alpha value is -4.80. The molecule has 9 nitrogen and oxygen atoms in total. The largest absolute Gasteiger partial charge is 0.618 e. The summed E-state index contributed by atoms with van der Waals surface area (Å²) in [5.74, 6) is -1.61. The number of aromatic nitrogens is 3. The lowest BCUT2D eigenvalue weighted by Gasteiger charge is -2.19. The van der Waals surface area contributed by atoms with Gasteiger partial charge in [-0.1, -0.05) is 19.4 Å². The molecule has 3 heterocycles. The molecular weight excluding hydrogens is 556 g/mol. The maximum atomic E-state index is 14.5. The van der Waals surface area contributed by atoms with E-state index in [2.05, 4.69) is 15.6 Å². The minimum Gasteiger partial charge on any atom is -0.618 e. The SMILES string of the molecule is COC(=O)Nc1ccc2c(c1)NC(=O)[C@H](C)CCC[C@@H](c1ccc(-c3c(F)cccc3F)c[n+]1[O-])c1nc-2c(C2CC2)[nH]1. The van der Waals surface area contributed by atoms with Crippen LogP contribution in [0.25, 0.3) is 22.4 Å². The number of methoxy groups -OCH3 is 1. The zero-order valence-electron chi connectivity index (χ0n) is 23.7. The molecule has 0 radical (unpaired) electrons. The zero-order valence-corrected chi connectivity index (χ0v) is 23.7. The van der Waals surface area contributed by atoms with Crippen LogP contribution in [0.4, 0.5) is 25.0 Å². The highest BCUT2D eigenvalue weighted by molar-refractivity contribution is 5.98. The van der Waals surface area contributed by atoms with E-state index in [1.165, 1.54) is 19.4 Å². The third-order valence-corrected chi connectivity index (χ3v) is 8.16. The van der Waals surface area contributed by atoms with Crippen LogP contribution in [0.2, 0.25) is 0 Å². The summed E-state index contributed by atoms with van der Waals surface area (Å²) in [6.07, 6.45) is 4.21. The highest BCUT2D eigenvalue weighted by Gasteiger charge is 2.34. The van der Waals surface area contributed by atoms with Gasteiger partial charge in [-0.05, 0) is 62.1 Å². The molecule has 2 aromatic heterocycles. The van der Waals surface area contributed by atoms with E-state index < -0.39 is 23.6 Å². The van der Waals surface area contributed by atoms with Crippen molar-refractivity contribution in [3.63, 3.8) is 0 Å². The fourth-order valence-electron chi connectivity index (χ4n) is 5.67. The number of H-pyrrole nitrogens is 1. The molecule has 4 aromatic rings. The normalized spacial score (nSPS) is 18.6. The van der Waals surface area contributed by atoms with Crippen LogP contribution in [-0.4, -0.2) is 29.1 Å². The number of nitrogens with one attached hydrogen (secondary N) is 3. The van der Waals surface area contributed by atoms with Crippen molar-refractivity contribution in [1.82, 2.24) is 9.97 Å². The van der Waals surface area contributed by atoms with E-state index in [1.54, 1.807) is 30.3 Å². The molecule has 0 spiro atoms. The second-order valence-corrected chi connectivity index (χ2v) is 11.2. The number of ether oxygens (including phenoxy) is 1. The summed E-state index contributed by atoms with van der Waals surface area (Å²) in [6.45, 7) is 1.84. The molecule has 1 aliphatic heterocycles. The van der Waals surface area contributed by atoms with E-state index in [4.69, 9.17) is 9.72 Å². The van der Waals surface area contributed by atoms with Crippen LogP contribution in [0.15, 0.2) is 54.7 Å². The van der Waals surface area contributed by atoms with Crippen LogP contribution < -0.4 is 15.4 Å². The van der Waals surface area contributed by atoms with E-state index in [1.807, 2.05) is 6.92 Å². The molecule has 1 aliphatic carbocycles. The smallest absolute Gasteiger partial charge is 0.411 e. The summed E-state index contributed by atoms with van der Waals surface area (Å²) < 4.78 is 34.3. The minimum atomic E-state index is -0.751. The Morgan fingerprint density at radius 3 is 2.56 bits per heavy atom. The predicted octanol–water partition coefficient (Wildman–Crippen LogP) is 6.60. The molecule has 0 unspecified atom stereocenters. The van der Waals surface area contributed by atoms with Gasteiger partial charge in [0.25, 0.3) is 0 Å². The van der Waals surface area contributed by atoms with Gasteiger partial charge >= 0.3 is 6.09 Å². The molecule has 222 valence electrons. The third kappa shape index (κ3) is 5.67. The average molecular weight is 588 g/mol. The second kappa shape index (κ2) is 11.5. The first-order chi connectivity index (χ1) is 20.7. The van der Waals surface area contributed by atoms with Crippen molar-refractivity contribution in [2.45, 2.75) is 50.9 Å². The molecule has 2 aromatic carbocycles. The standard InChI is InChI=1S/C32H31F2N5O4/c1-17-5-3-6-22(26-14-11-19(16-39(26)42)27-23(33)7-4-8-24(27)34)30-37-28(18-9-10-18)29(38-30)21-13-12-20(35-32(41)43-2)15-25(21)36-31(17)40/h4,7-8,11-18,22H,3,5-6,9-10H2,1-2H3,(H,35,41)(H,36,40)(H,37,38)/t17-,22+/m1/s1. The lowest BCUT2D eigenvalue weighted by molar-refractivity contribution is -0.614. The molecule has 2 amide bonds. The quantitative estimate of drug-likeness (QED) is 0.183. The van der Waals surface area contributed by atoms with Gasteiger partial charge < -0.3 is 20.2 Å². The summed E-state index contributed by atoms with van der Waals surface area (Å²) in [6, 6.07) is 11.9. The lowest BCUT2D eigenvalue weighted by Crippen LogP contribution is -2.34. The zero-order chi connectivity index (χ0) is 30.2. The van der Waals surface area contributed by atoms with Crippen LogP contribution in [0.3, 0.4) is 0 Å². The molecule has 2 aliphatic rings. The lowest BCUT2D eigenvalue weighted by atomic mass is 9.92. The van der Waals surface area contributed by atoms with E-state index in [0.29, 0.717) is 58.1 Å². The van der Waals surface area contributed by atoms with Crippen LogP contribution in [-0.2, 0) is 9.53 Å². The van der Waals surface area contributed by atoms with Crippen molar-refractivity contribution >= 4 is 23.4 Å². The Bertz CT molecular complexity index is 1700. The molecule has 11 heteroatoms. The molecule has 3 N–H and O–H groups in total. The van der Waals surface area contributed by atoms with Gasteiger partial charge in [-0.25, -0.2) is 18.6 Å². The summed E-state index contributed by atoms with van der Waals surface area (Å²) >= 11 is 0. The number of anilines is 2. The average Bonchev–Trinajstić information content (AvgIpc) is 3.73. The number of aromatic amines is 1. The van der Waals surface area contributed by atoms with Gasteiger partial charge in [0.2, 0.25) is 11.6 Å². The van der Waals surface area contributed by atoms with Crippen molar-refractivity contribution in [2.75, 3.05) is 17.7 Å². The first kappa shape index (κ1) is 28.3. The number of imidazole rings is 1. The van der Waals surface area contributed by atoms with Gasteiger partial charge in [0.1, 0.15) is 23.4 Å². The fourth-order valence-corrected chi connectivity index (χ4v) is 5.67. The maximum absolute atomic E-state index is 14.5. The van der Waals surface area contributed by atoms with Crippen molar-refractivity contribution < 1.29 is 27.8 Å². The number of halogens is 2. The highest BCUT2D eigenvalue weighted by atomic mass is 19.1. The number of hydrogen-bond donors (Lipinski definition) is 3. The number of amides is 2. The Labute approximate surface area is 246 Å². The van der Waals surface area contributed by atoms with Crippen molar-refractivity contribution in [3.8, 4) is 22.4 Å². The Morgan fingerprint density at radius 1 is 1.09 bits per heavy atom. The number of pyridine rings is 1. The van der Waals surface area contributed by atoms with E-state index >= 15 is 0 Å². The summed E-state index contributed by atoms with van der Waals surface area (Å²) in [4.78, 5) is 33.6. The molecule has 6 rings (SSSR count). The third-order valence-electron chi connectivity index (χ3n) is 8.16. The molecule has 0 saturated heterocycles. The monoisotopic (exact) mass is 587 g/mol. The molecule has 2 atom stereocenters. The van der Waals surface area contributed by atoms with Crippen LogP contribution in [0.5, 0.6) is 0 Å². The molecule has 2 bridgehead atoms. The topological polar surface area (TPSA) is 123 Å². The first-order valence-corrected chi connectivity index (χ1v) is 14.3. The van der Waals surface area contributed by atoms with Gasteiger partial charge in [0, 0.05) is 34.8 Å². The van der Waals surface area contributed by atoms with E-state index in [9.17, 15) is 23.6 Å². The van der Waals surface area contributed by atoms with Crippen molar-refractivity contribution in [1.29, 1.82) is 0 Å². The number of carbonyl (C=O) groups is 2. The molecule has 1 saturated carbocycles. The molecule has 1 fully saturated rings. The van der Waals surface area contributed by atoms with Crippen LogP contribution in [0.1, 0.15) is 68.1 Å². The van der Waals surface area contributed by atoms with Crippen LogP contribution in [0, 0.1) is 22.8 Å². The minimum absolute atomic E-state index is 0.136. The Kier molecular flexibility index (Phi) is 7.55. The summed E-state index contributed by atoms with van der Waals surface area (Å²) in [5, 5.41) is 19.1. The number of carbonyl (C=O) groups excluding carboxylic acids is 2. The number of fused-ring (bicyclic) bond motifs is 4. The number of benzene rings is 2. The molecular formula is C32H31F2N5O4. The second-order valence-electron chi connectivity index (χ2n) is 11.2. The van der Waals surface area contributed by atoms with Crippen LogP contribution >= 0.6 is 0 Å². The number of hydrogen-bond acceptors (Lipinski definition) is 5. The van der Waals surface area contributed by atoms with E-state index in [0.717, 1.165) is 30.7 Å². The van der Waals surface area contributed by atoms with Gasteiger partial charge in [0.15, 0.2) is 6.20 Å². The van der Waals surface area contributed by atoms with Crippen molar-refractivity contribution in [3.05, 3.63) is 88.8 Å².